The average molecular weight is 453 g/mol. The number of piperidine rings is 2. The molecule has 2 atom stereocenters. The van der Waals surface area contributed by atoms with Crippen LogP contribution < -0.4 is 10.6 Å². The molecular weight excluding hydrogens is 420 g/mol. The zero-order valence-corrected chi connectivity index (χ0v) is 19.1. The molecule has 2 saturated heterocycles. The highest BCUT2D eigenvalue weighted by atomic mass is 16.3. The predicted octanol–water partition coefficient (Wildman–Crippen LogP) is 3.64. The van der Waals surface area contributed by atoms with Gasteiger partial charge < -0.3 is 24.9 Å². The molecule has 1 aromatic heterocycles. The number of furan rings is 1. The normalized spacial score (nSPS) is 20.9. The first-order valence-electron chi connectivity index (χ1n) is 11.8. The highest BCUT2D eigenvalue weighted by Crippen LogP contribution is 2.24. The van der Waals surface area contributed by atoms with Gasteiger partial charge in [0.2, 0.25) is 5.91 Å². The summed E-state index contributed by atoms with van der Waals surface area (Å²) in [6.45, 7) is 4.33. The van der Waals surface area contributed by atoms with Crippen molar-refractivity contribution in [3.05, 3.63) is 54.0 Å². The molecule has 2 fully saturated rings. The van der Waals surface area contributed by atoms with Crippen molar-refractivity contribution in [2.24, 2.45) is 5.92 Å². The third kappa shape index (κ3) is 5.74. The lowest BCUT2D eigenvalue weighted by molar-refractivity contribution is -0.139. The highest BCUT2D eigenvalue weighted by Gasteiger charge is 2.37. The standard InChI is InChI=1S/C25H32N4O4/c1-18-9-11-20(12-10-18)27-25(32)26-16-19-6-4-13-28(17-19)23(30)21-7-2-3-14-29(21)24(31)22-8-5-15-33-22/h5,8-12,15,19,21H,2-4,6-7,13-14,16-17H2,1H3,(H2,26,27,32). The Hall–Kier alpha value is -3.29. The summed E-state index contributed by atoms with van der Waals surface area (Å²) in [5, 5.41) is 5.78. The first kappa shape index (κ1) is 22.9. The van der Waals surface area contributed by atoms with Gasteiger partial charge in [-0.05, 0) is 69.2 Å². The van der Waals surface area contributed by atoms with E-state index in [4.69, 9.17) is 4.42 Å². The first-order chi connectivity index (χ1) is 16.0. The average Bonchev–Trinajstić information content (AvgIpc) is 3.39. The van der Waals surface area contributed by atoms with Crippen LogP contribution in [0.15, 0.2) is 47.1 Å². The van der Waals surface area contributed by atoms with E-state index in [0.29, 0.717) is 32.6 Å². The maximum atomic E-state index is 13.4. The summed E-state index contributed by atoms with van der Waals surface area (Å²) in [6, 6.07) is 10.3. The van der Waals surface area contributed by atoms with E-state index in [9.17, 15) is 14.4 Å². The number of nitrogens with zero attached hydrogens (tertiary/aromatic N) is 2. The summed E-state index contributed by atoms with van der Waals surface area (Å²) in [6.07, 6.45) is 5.80. The SMILES string of the molecule is Cc1ccc(NC(=O)NCC2CCCN(C(=O)C3CCCCN3C(=O)c3ccco3)C2)cc1. The second kappa shape index (κ2) is 10.6. The number of nitrogens with one attached hydrogen (secondary N) is 2. The van der Waals surface area contributed by atoms with E-state index >= 15 is 0 Å². The number of carbonyl (C=O) groups is 3. The molecule has 2 aliphatic heterocycles. The zero-order valence-electron chi connectivity index (χ0n) is 19.1. The molecule has 0 bridgehead atoms. The van der Waals surface area contributed by atoms with Gasteiger partial charge in [0.25, 0.3) is 5.91 Å². The lowest BCUT2D eigenvalue weighted by Crippen LogP contribution is -2.55. The first-order valence-corrected chi connectivity index (χ1v) is 11.8. The molecule has 0 radical (unpaired) electrons. The summed E-state index contributed by atoms with van der Waals surface area (Å²) in [4.78, 5) is 42.1. The van der Waals surface area contributed by atoms with Crippen molar-refractivity contribution in [3.63, 3.8) is 0 Å². The fourth-order valence-corrected chi connectivity index (χ4v) is 4.66. The Morgan fingerprint density at radius 1 is 1.03 bits per heavy atom. The van der Waals surface area contributed by atoms with Gasteiger partial charge in [0.05, 0.1) is 6.26 Å². The molecule has 4 rings (SSSR count). The summed E-state index contributed by atoms with van der Waals surface area (Å²) in [5.74, 6) is 0.240. The Balaban J connectivity index is 1.31. The highest BCUT2D eigenvalue weighted by molar-refractivity contribution is 5.95. The van der Waals surface area contributed by atoms with E-state index in [1.807, 2.05) is 36.1 Å². The Morgan fingerprint density at radius 3 is 2.61 bits per heavy atom. The van der Waals surface area contributed by atoms with Crippen LogP contribution in [0.25, 0.3) is 0 Å². The fourth-order valence-electron chi connectivity index (χ4n) is 4.66. The van der Waals surface area contributed by atoms with Crippen molar-refractivity contribution in [1.82, 2.24) is 15.1 Å². The lowest BCUT2D eigenvalue weighted by atomic mass is 9.95. The van der Waals surface area contributed by atoms with Crippen molar-refractivity contribution < 1.29 is 18.8 Å². The van der Waals surface area contributed by atoms with Crippen LogP contribution in [0.3, 0.4) is 0 Å². The number of urea groups is 1. The monoisotopic (exact) mass is 452 g/mol. The molecule has 2 aliphatic rings. The van der Waals surface area contributed by atoms with Crippen LogP contribution in [0, 0.1) is 12.8 Å². The molecule has 2 N–H and O–H groups in total. The molecule has 33 heavy (non-hydrogen) atoms. The van der Waals surface area contributed by atoms with E-state index < -0.39 is 6.04 Å². The third-order valence-corrected chi connectivity index (χ3v) is 6.47. The fraction of sp³-hybridized carbons (Fsp3) is 0.480. The van der Waals surface area contributed by atoms with Gasteiger partial charge in [-0.25, -0.2) is 4.79 Å². The molecule has 8 heteroatoms. The number of rotatable bonds is 5. The van der Waals surface area contributed by atoms with Gasteiger partial charge in [-0.3, -0.25) is 9.59 Å². The van der Waals surface area contributed by atoms with Crippen molar-refractivity contribution in [2.75, 3.05) is 31.5 Å². The van der Waals surface area contributed by atoms with E-state index in [1.54, 1.807) is 17.0 Å². The van der Waals surface area contributed by atoms with Crippen molar-refractivity contribution in [3.8, 4) is 0 Å². The quantitative estimate of drug-likeness (QED) is 0.724. The molecule has 0 aliphatic carbocycles. The van der Waals surface area contributed by atoms with Crippen LogP contribution in [0.2, 0.25) is 0 Å². The number of hydrogen-bond donors (Lipinski definition) is 2. The lowest BCUT2D eigenvalue weighted by Gasteiger charge is -2.40. The van der Waals surface area contributed by atoms with Gasteiger partial charge in [-0.15, -0.1) is 0 Å². The van der Waals surface area contributed by atoms with E-state index in [0.717, 1.165) is 36.9 Å². The number of benzene rings is 1. The maximum Gasteiger partial charge on any atom is 0.319 e. The van der Waals surface area contributed by atoms with Gasteiger partial charge in [-0.2, -0.15) is 0 Å². The minimum Gasteiger partial charge on any atom is -0.459 e. The molecule has 176 valence electrons. The van der Waals surface area contributed by atoms with E-state index in [2.05, 4.69) is 10.6 Å². The molecule has 0 saturated carbocycles. The minimum atomic E-state index is -0.451. The van der Waals surface area contributed by atoms with Crippen molar-refractivity contribution in [2.45, 2.75) is 45.1 Å². The summed E-state index contributed by atoms with van der Waals surface area (Å²) in [7, 11) is 0. The number of amides is 4. The second-order valence-corrected chi connectivity index (χ2v) is 8.98. The zero-order chi connectivity index (χ0) is 23.2. The van der Waals surface area contributed by atoms with Gasteiger partial charge in [0.1, 0.15) is 6.04 Å². The largest absolute Gasteiger partial charge is 0.459 e. The van der Waals surface area contributed by atoms with Crippen LogP contribution in [-0.2, 0) is 4.79 Å². The predicted molar refractivity (Wildman–Crippen MR) is 125 cm³/mol. The van der Waals surface area contributed by atoms with Crippen molar-refractivity contribution in [1.29, 1.82) is 0 Å². The number of hydrogen-bond acceptors (Lipinski definition) is 4. The van der Waals surface area contributed by atoms with Gasteiger partial charge >= 0.3 is 6.03 Å². The van der Waals surface area contributed by atoms with E-state index in [1.165, 1.54) is 6.26 Å². The van der Waals surface area contributed by atoms with Crippen LogP contribution in [0.5, 0.6) is 0 Å². The third-order valence-electron chi connectivity index (χ3n) is 6.47. The van der Waals surface area contributed by atoms with Crippen LogP contribution in [0.4, 0.5) is 10.5 Å². The molecular formula is C25H32N4O4. The van der Waals surface area contributed by atoms with Crippen molar-refractivity contribution >= 4 is 23.5 Å². The summed E-state index contributed by atoms with van der Waals surface area (Å²) < 4.78 is 5.28. The summed E-state index contributed by atoms with van der Waals surface area (Å²) >= 11 is 0. The van der Waals surface area contributed by atoms with Crippen LogP contribution in [0.1, 0.15) is 48.2 Å². The number of aryl methyl sites for hydroxylation is 1. The van der Waals surface area contributed by atoms with E-state index in [-0.39, 0.29) is 29.5 Å². The smallest absolute Gasteiger partial charge is 0.319 e. The summed E-state index contributed by atoms with van der Waals surface area (Å²) in [5.41, 5.74) is 1.88. The Bertz CT molecular complexity index is 957. The number of anilines is 1. The Morgan fingerprint density at radius 2 is 1.85 bits per heavy atom. The van der Waals surface area contributed by atoms with Crippen LogP contribution in [-0.4, -0.2) is 59.9 Å². The molecule has 0 spiro atoms. The van der Waals surface area contributed by atoms with Gasteiger partial charge in [0, 0.05) is 31.9 Å². The Labute approximate surface area is 194 Å². The molecule has 3 heterocycles. The molecule has 2 aromatic rings. The topological polar surface area (TPSA) is 94.9 Å². The Kier molecular flexibility index (Phi) is 7.32. The van der Waals surface area contributed by atoms with Crippen LogP contribution >= 0.6 is 0 Å². The molecule has 4 amide bonds. The number of carbonyl (C=O) groups excluding carboxylic acids is 3. The molecule has 1 aromatic carbocycles. The van der Waals surface area contributed by atoms with Gasteiger partial charge in [0.15, 0.2) is 5.76 Å². The van der Waals surface area contributed by atoms with Gasteiger partial charge in [-0.1, -0.05) is 17.7 Å². The molecule has 2 unspecified atom stereocenters. The maximum absolute atomic E-state index is 13.4. The minimum absolute atomic E-state index is 0.00316. The second-order valence-electron chi connectivity index (χ2n) is 8.98. The molecule has 8 nitrogen and oxygen atoms in total. The number of likely N-dealkylation sites (tertiary alicyclic amines) is 2.